The fraction of sp³-hybridized carbons (Fsp3) is 0.688. The lowest BCUT2D eigenvalue weighted by molar-refractivity contribution is 0.253. The lowest BCUT2D eigenvalue weighted by Gasteiger charge is -2.23. The van der Waals surface area contributed by atoms with Crippen LogP contribution in [0.25, 0.3) is 0 Å². The summed E-state index contributed by atoms with van der Waals surface area (Å²) in [5.74, 6) is 0. The summed E-state index contributed by atoms with van der Waals surface area (Å²) < 4.78 is 0. The van der Waals surface area contributed by atoms with Crippen LogP contribution in [0.3, 0.4) is 0 Å². The van der Waals surface area contributed by atoms with Gasteiger partial charge in [0, 0.05) is 18.4 Å². The van der Waals surface area contributed by atoms with E-state index < -0.39 is 0 Å². The average Bonchev–Trinajstić information content (AvgIpc) is 2.52. The number of nitrogen functional groups attached to an aromatic ring is 1. The third kappa shape index (κ3) is 3.47. The first kappa shape index (κ1) is 14.3. The number of aromatic nitrogens is 1. The van der Waals surface area contributed by atoms with Crippen LogP contribution in [0, 0.1) is 19.3 Å². The van der Waals surface area contributed by atoms with Crippen molar-refractivity contribution >= 4 is 5.69 Å². The molecular formula is C16H27N3. The van der Waals surface area contributed by atoms with Crippen molar-refractivity contribution in [2.75, 3.05) is 18.8 Å². The first-order chi connectivity index (χ1) is 8.89. The van der Waals surface area contributed by atoms with Gasteiger partial charge < -0.3 is 5.73 Å². The number of rotatable bonds is 2. The van der Waals surface area contributed by atoms with E-state index in [0.29, 0.717) is 5.41 Å². The molecule has 1 aromatic heterocycles. The van der Waals surface area contributed by atoms with Gasteiger partial charge >= 0.3 is 0 Å². The number of likely N-dealkylation sites (tertiary alicyclic amines) is 1. The third-order valence-electron chi connectivity index (χ3n) is 4.48. The van der Waals surface area contributed by atoms with Crippen molar-refractivity contribution in [3.8, 4) is 0 Å². The number of hydrogen-bond donors (Lipinski definition) is 1. The highest BCUT2D eigenvalue weighted by Gasteiger charge is 2.23. The molecule has 0 saturated carbocycles. The molecule has 3 heteroatoms. The second-order valence-corrected chi connectivity index (χ2v) is 6.72. The number of pyridine rings is 1. The standard InChI is InChI=1S/C16H27N3/c1-12-10-18-14(13(2)15(12)17)11-19-8-5-6-16(3,4)7-9-19/h10H,5-9,11H2,1-4H3,(H2,17,18). The Labute approximate surface area is 117 Å². The summed E-state index contributed by atoms with van der Waals surface area (Å²) in [6, 6.07) is 0. The van der Waals surface area contributed by atoms with Crippen LogP contribution in [0.4, 0.5) is 5.69 Å². The smallest absolute Gasteiger partial charge is 0.0593 e. The van der Waals surface area contributed by atoms with Gasteiger partial charge in [-0.15, -0.1) is 0 Å². The van der Waals surface area contributed by atoms with Crippen LogP contribution in [0.1, 0.15) is 49.9 Å². The quantitative estimate of drug-likeness (QED) is 0.888. The predicted molar refractivity (Wildman–Crippen MR) is 81.0 cm³/mol. The fourth-order valence-electron chi connectivity index (χ4n) is 2.80. The number of aryl methyl sites for hydroxylation is 1. The molecule has 1 aromatic rings. The molecule has 19 heavy (non-hydrogen) atoms. The van der Waals surface area contributed by atoms with Crippen LogP contribution in [0.2, 0.25) is 0 Å². The number of nitrogens with zero attached hydrogens (tertiary/aromatic N) is 2. The van der Waals surface area contributed by atoms with Gasteiger partial charge in [-0.2, -0.15) is 0 Å². The minimum absolute atomic E-state index is 0.490. The summed E-state index contributed by atoms with van der Waals surface area (Å²) in [7, 11) is 0. The van der Waals surface area contributed by atoms with Gasteiger partial charge in [0.2, 0.25) is 0 Å². The monoisotopic (exact) mass is 261 g/mol. The van der Waals surface area contributed by atoms with Gasteiger partial charge in [-0.05, 0) is 62.7 Å². The summed E-state index contributed by atoms with van der Waals surface area (Å²) in [5, 5.41) is 0. The first-order valence-electron chi connectivity index (χ1n) is 7.32. The molecule has 0 aromatic carbocycles. The summed E-state index contributed by atoms with van der Waals surface area (Å²) in [6.45, 7) is 12.2. The first-order valence-corrected chi connectivity index (χ1v) is 7.32. The maximum atomic E-state index is 6.10. The van der Waals surface area contributed by atoms with Crippen LogP contribution < -0.4 is 5.73 Å². The summed E-state index contributed by atoms with van der Waals surface area (Å²) in [4.78, 5) is 7.10. The van der Waals surface area contributed by atoms with Crippen LogP contribution in [0.15, 0.2) is 6.20 Å². The molecular weight excluding hydrogens is 234 g/mol. The Balaban J connectivity index is 2.07. The zero-order valence-corrected chi connectivity index (χ0v) is 12.8. The van der Waals surface area contributed by atoms with E-state index in [1.54, 1.807) is 0 Å². The van der Waals surface area contributed by atoms with E-state index in [2.05, 4.69) is 30.7 Å². The van der Waals surface area contributed by atoms with E-state index in [-0.39, 0.29) is 0 Å². The average molecular weight is 261 g/mol. The molecule has 1 fully saturated rings. The Hall–Kier alpha value is -1.09. The topological polar surface area (TPSA) is 42.2 Å². The molecule has 2 rings (SSSR count). The van der Waals surface area contributed by atoms with Crippen LogP contribution in [-0.4, -0.2) is 23.0 Å². The zero-order valence-electron chi connectivity index (χ0n) is 12.8. The Morgan fingerprint density at radius 3 is 2.74 bits per heavy atom. The highest BCUT2D eigenvalue weighted by molar-refractivity contribution is 5.53. The lowest BCUT2D eigenvalue weighted by atomic mass is 9.85. The van der Waals surface area contributed by atoms with Gasteiger partial charge in [0.1, 0.15) is 0 Å². The fourth-order valence-corrected chi connectivity index (χ4v) is 2.80. The van der Waals surface area contributed by atoms with Crippen molar-refractivity contribution < 1.29 is 0 Å². The van der Waals surface area contributed by atoms with Crippen molar-refractivity contribution in [1.29, 1.82) is 0 Å². The molecule has 106 valence electrons. The van der Waals surface area contributed by atoms with E-state index in [4.69, 9.17) is 5.73 Å². The molecule has 0 spiro atoms. The molecule has 2 heterocycles. The highest BCUT2D eigenvalue weighted by Crippen LogP contribution is 2.30. The SMILES string of the molecule is Cc1cnc(CN2CCCC(C)(C)CC2)c(C)c1N. The molecule has 1 aliphatic rings. The van der Waals surface area contributed by atoms with Crippen LogP contribution in [-0.2, 0) is 6.54 Å². The molecule has 0 atom stereocenters. The van der Waals surface area contributed by atoms with E-state index in [1.807, 2.05) is 13.1 Å². The summed E-state index contributed by atoms with van der Waals surface area (Å²) >= 11 is 0. The van der Waals surface area contributed by atoms with Gasteiger partial charge in [-0.1, -0.05) is 13.8 Å². The lowest BCUT2D eigenvalue weighted by Crippen LogP contribution is -2.26. The third-order valence-corrected chi connectivity index (χ3v) is 4.48. The van der Waals surface area contributed by atoms with E-state index >= 15 is 0 Å². The van der Waals surface area contributed by atoms with Crippen LogP contribution in [0.5, 0.6) is 0 Å². The molecule has 0 radical (unpaired) electrons. The maximum Gasteiger partial charge on any atom is 0.0593 e. The minimum atomic E-state index is 0.490. The predicted octanol–water partition coefficient (Wildman–Crippen LogP) is 3.29. The maximum absolute atomic E-state index is 6.10. The van der Waals surface area contributed by atoms with Gasteiger partial charge in [-0.25, -0.2) is 0 Å². The second kappa shape index (κ2) is 5.49. The summed E-state index contributed by atoms with van der Waals surface area (Å²) in [5.41, 5.74) is 10.9. The molecule has 0 bridgehead atoms. The number of anilines is 1. The van der Waals surface area contributed by atoms with E-state index in [0.717, 1.165) is 29.1 Å². The Morgan fingerprint density at radius 2 is 2.00 bits per heavy atom. The van der Waals surface area contributed by atoms with Crippen molar-refractivity contribution in [3.63, 3.8) is 0 Å². The molecule has 0 amide bonds. The van der Waals surface area contributed by atoms with Crippen molar-refractivity contribution in [2.24, 2.45) is 5.41 Å². The van der Waals surface area contributed by atoms with Crippen molar-refractivity contribution in [2.45, 2.75) is 53.5 Å². The Kier molecular flexibility index (Phi) is 4.14. The number of nitrogens with two attached hydrogens (primary N) is 1. The molecule has 0 aliphatic carbocycles. The second-order valence-electron chi connectivity index (χ2n) is 6.72. The van der Waals surface area contributed by atoms with Gasteiger partial charge in [0.15, 0.2) is 0 Å². The molecule has 1 saturated heterocycles. The van der Waals surface area contributed by atoms with E-state index in [9.17, 15) is 0 Å². The Morgan fingerprint density at radius 1 is 1.26 bits per heavy atom. The molecule has 1 aliphatic heterocycles. The Bertz CT molecular complexity index is 452. The highest BCUT2D eigenvalue weighted by atomic mass is 15.1. The van der Waals surface area contributed by atoms with E-state index in [1.165, 1.54) is 32.4 Å². The van der Waals surface area contributed by atoms with Crippen molar-refractivity contribution in [3.05, 3.63) is 23.0 Å². The van der Waals surface area contributed by atoms with Gasteiger partial charge in [0.05, 0.1) is 5.69 Å². The normalized spacial score (nSPS) is 20.2. The zero-order chi connectivity index (χ0) is 14.0. The molecule has 2 N–H and O–H groups in total. The van der Waals surface area contributed by atoms with Gasteiger partial charge in [0.25, 0.3) is 0 Å². The molecule has 0 unspecified atom stereocenters. The van der Waals surface area contributed by atoms with Crippen molar-refractivity contribution in [1.82, 2.24) is 9.88 Å². The minimum Gasteiger partial charge on any atom is -0.398 e. The summed E-state index contributed by atoms with van der Waals surface area (Å²) in [6.07, 6.45) is 5.78. The number of hydrogen-bond acceptors (Lipinski definition) is 3. The largest absolute Gasteiger partial charge is 0.398 e. The molecule has 3 nitrogen and oxygen atoms in total. The van der Waals surface area contributed by atoms with Gasteiger partial charge in [-0.3, -0.25) is 9.88 Å². The van der Waals surface area contributed by atoms with Crippen LogP contribution >= 0.6 is 0 Å².